The number of amidine groups is 1. The van der Waals surface area contributed by atoms with E-state index < -0.39 is 0 Å². The Bertz CT molecular complexity index is 1100. The van der Waals surface area contributed by atoms with Crippen LogP contribution in [0.1, 0.15) is 37.6 Å². The zero-order chi connectivity index (χ0) is 21.6. The molecule has 3 heterocycles. The summed E-state index contributed by atoms with van der Waals surface area (Å²) in [6, 6.07) is 6.19. The highest BCUT2D eigenvalue weighted by Gasteiger charge is 2.22. The second-order valence-corrected chi connectivity index (χ2v) is 8.52. The lowest BCUT2D eigenvalue weighted by molar-refractivity contribution is 0.254. The standard InChI is InChI=1S/C23H29FN6/c1-13-7-19(21-8-14(2)23-26-17(5)12-30(23)28-21)9-20(24)22(13)27-18(6)29-10-15(3)25-16(4)11-29/h7-9,12,15-16,25H,10-11H2,1-6H3. The molecule has 4 rings (SSSR count). The van der Waals surface area contributed by atoms with Crippen molar-refractivity contribution in [3.8, 4) is 11.3 Å². The molecule has 1 fully saturated rings. The Kier molecular flexibility index (Phi) is 5.32. The number of nitrogens with one attached hydrogen (secondary N) is 1. The highest BCUT2D eigenvalue weighted by Crippen LogP contribution is 2.30. The van der Waals surface area contributed by atoms with Crippen LogP contribution in [0.2, 0.25) is 0 Å². The van der Waals surface area contributed by atoms with Gasteiger partial charge in [0.1, 0.15) is 17.3 Å². The van der Waals surface area contributed by atoms with E-state index in [1.54, 1.807) is 4.52 Å². The molecule has 1 aliphatic heterocycles. The van der Waals surface area contributed by atoms with Gasteiger partial charge >= 0.3 is 0 Å². The fraction of sp³-hybridized carbons (Fsp3) is 0.435. The third-order valence-corrected chi connectivity index (χ3v) is 5.57. The van der Waals surface area contributed by atoms with Crippen LogP contribution in [0.4, 0.5) is 10.1 Å². The maximum atomic E-state index is 15.1. The minimum absolute atomic E-state index is 0.332. The van der Waals surface area contributed by atoms with Crippen molar-refractivity contribution in [1.29, 1.82) is 0 Å². The fourth-order valence-electron chi connectivity index (χ4n) is 4.24. The highest BCUT2D eigenvalue weighted by atomic mass is 19.1. The Hall–Kier alpha value is -2.80. The molecule has 1 aromatic carbocycles. The number of piperazine rings is 1. The Morgan fingerprint density at radius 1 is 1.10 bits per heavy atom. The number of aromatic nitrogens is 3. The SMILES string of the molecule is CC(=Nc1c(C)cc(-c2cc(C)c3nc(C)cn3n2)cc1F)N1CC(C)NC(C)C1. The first-order chi connectivity index (χ1) is 14.2. The lowest BCUT2D eigenvalue weighted by Crippen LogP contribution is -2.55. The summed E-state index contributed by atoms with van der Waals surface area (Å²) < 4.78 is 16.9. The van der Waals surface area contributed by atoms with Gasteiger partial charge in [0.25, 0.3) is 0 Å². The van der Waals surface area contributed by atoms with Gasteiger partial charge in [-0.3, -0.25) is 0 Å². The van der Waals surface area contributed by atoms with Crippen molar-refractivity contribution in [1.82, 2.24) is 24.8 Å². The van der Waals surface area contributed by atoms with Gasteiger partial charge in [0, 0.05) is 30.7 Å². The number of rotatable bonds is 2. The van der Waals surface area contributed by atoms with Crippen LogP contribution < -0.4 is 5.32 Å². The summed E-state index contributed by atoms with van der Waals surface area (Å²) in [5, 5.41) is 8.14. The molecular formula is C23H29FN6. The summed E-state index contributed by atoms with van der Waals surface area (Å²) >= 11 is 0. The zero-order valence-electron chi connectivity index (χ0n) is 18.5. The Balaban J connectivity index is 1.69. The van der Waals surface area contributed by atoms with Gasteiger partial charge in [0.05, 0.1) is 17.6 Å². The molecule has 0 saturated carbocycles. The highest BCUT2D eigenvalue weighted by molar-refractivity contribution is 5.83. The second kappa shape index (κ2) is 7.80. The average molecular weight is 409 g/mol. The quantitative estimate of drug-likeness (QED) is 0.510. The molecule has 30 heavy (non-hydrogen) atoms. The molecule has 2 aromatic heterocycles. The molecule has 2 unspecified atom stereocenters. The molecule has 1 saturated heterocycles. The van der Waals surface area contributed by atoms with Gasteiger partial charge < -0.3 is 10.2 Å². The van der Waals surface area contributed by atoms with Crippen LogP contribution in [0.5, 0.6) is 0 Å². The lowest BCUT2D eigenvalue weighted by Gasteiger charge is -2.37. The van der Waals surface area contributed by atoms with Gasteiger partial charge in [-0.05, 0) is 70.9 Å². The van der Waals surface area contributed by atoms with Crippen molar-refractivity contribution in [2.45, 2.75) is 53.6 Å². The van der Waals surface area contributed by atoms with Crippen LogP contribution in [-0.2, 0) is 0 Å². The van der Waals surface area contributed by atoms with E-state index in [2.05, 4.69) is 39.1 Å². The molecule has 0 bridgehead atoms. The molecule has 158 valence electrons. The number of aryl methyl sites for hydroxylation is 3. The van der Waals surface area contributed by atoms with Gasteiger partial charge in [-0.2, -0.15) is 5.10 Å². The van der Waals surface area contributed by atoms with Gasteiger partial charge in [0.2, 0.25) is 0 Å². The normalized spacial score (nSPS) is 20.2. The van der Waals surface area contributed by atoms with E-state index >= 15 is 4.39 Å². The van der Waals surface area contributed by atoms with Crippen LogP contribution in [0.15, 0.2) is 29.4 Å². The van der Waals surface area contributed by atoms with Crippen molar-refractivity contribution in [3.05, 3.63) is 47.0 Å². The summed E-state index contributed by atoms with van der Waals surface area (Å²) in [5.41, 5.74) is 5.38. The van der Waals surface area contributed by atoms with E-state index in [4.69, 9.17) is 0 Å². The monoisotopic (exact) mass is 408 g/mol. The molecule has 0 aliphatic carbocycles. The fourth-order valence-corrected chi connectivity index (χ4v) is 4.24. The number of benzene rings is 1. The molecule has 7 heteroatoms. The van der Waals surface area contributed by atoms with Crippen molar-refractivity contribution in [2.75, 3.05) is 13.1 Å². The molecule has 0 radical (unpaired) electrons. The smallest absolute Gasteiger partial charge is 0.156 e. The van der Waals surface area contributed by atoms with E-state index in [9.17, 15) is 0 Å². The number of hydrogen-bond acceptors (Lipinski definition) is 4. The van der Waals surface area contributed by atoms with E-state index in [0.717, 1.165) is 52.7 Å². The van der Waals surface area contributed by atoms with Crippen molar-refractivity contribution < 1.29 is 4.39 Å². The molecule has 2 atom stereocenters. The first-order valence-electron chi connectivity index (χ1n) is 10.4. The molecule has 1 N–H and O–H groups in total. The van der Waals surface area contributed by atoms with E-state index in [-0.39, 0.29) is 5.82 Å². The first kappa shape index (κ1) is 20.5. The maximum absolute atomic E-state index is 15.1. The number of halogens is 1. The van der Waals surface area contributed by atoms with Crippen molar-refractivity contribution in [2.24, 2.45) is 4.99 Å². The van der Waals surface area contributed by atoms with Gasteiger partial charge in [-0.25, -0.2) is 18.9 Å². The second-order valence-electron chi connectivity index (χ2n) is 8.52. The van der Waals surface area contributed by atoms with Crippen LogP contribution in [0.25, 0.3) is 16.9 Å². The Labute approximate surface area is 176 Å². The summed E-state index contributed by atoms with van der Waals surface area (Å²) in [5.74, 6) is 0.510. The third-order valence-electron chi connectivity index (χ3n) is 5.57. The maximum Gasteiger partial charge on any atom is 0.156 e. The Morgan fingerprint density at radius 2 is 1.80 bits per heavy atom. The van der Waals surface area contributed by atoms with Gasteiger partial charge in [-0.1, -0.05) is 0 Å². The van der Waals surface area contributed by atoms with Crippen molar-refractivity contribution >= 4 is 17.2 Å². The number of nitrogens with zero attached hydrogens (tertiary/aromatic N) is 5. The predicted octanol–water partition coefficient (Wildman–Crippen LogP) is 4.19. The van der Waals surface area contributed by atoms with E-state index in [1.165, 1.54) is 6.07 Å². The third kappa shape index (κ3) is 3.94. The van der Waals surface area contributed by atoms with Crippen LogP contribution in [0, 0.1) is 26.6 Å². The predicted molar refractivity (Wildman–Crippen MR) is 119 cm³/mol. The summed E-state index contributed by atoms with van der Waals surface area (Å²) in [4.78, 5) is 11.4. The van der Waals surface area contributed by atoms with E-state index in [1.807, 2.05) is 46.0 Å². The van der Waals surface area contributed by atoms with Crippen molar-refractivity contribution in [3.63, 3.8) is 0 Å². The molecule has 0 spiro atoms. The summed E-state index contributed by atoms with van der Waals surface area (Å²) in [6.07, 6.45) is 1.88. The number of hydrogen-bond donors (Lipinski definition) is 1. The molecule has 3 aromatic rings. The van der Waals surface area contributed by atoms with E-state index in [0.29, 0.717) is 17.8 Å². The van der Waals surface area contributed by atoms with Gasteiger partial charge in [0.15, 0.2) is 5.65 Å². The Morgan fingerprint density at radius 3 is 2.47 bits per heavy atom. The molecule has 0 amide bonds. The largest absolute Gasteiger partial charge is 0.357 e. The number of aliphatic imine (C=N–C) groups is 1. The van der Waals surface area contributed by atoms with Crippen LogP contribution in [0.3, 0.4) is 0 Å². The lowest BCUT2D eigenvalue weighted by atomic mass is 10.1. The first-order valence-corrected chi connectivity index (χ1v) is 10.4. The number of imidazole rings is 1. The molecular weight excluding hydrogens is 379 g/mol. The summed E-state index contributed by atoms with van der Waals surface area (Å²) in [6.45, 7) is 13.8. The molecule has 1 aliphatic rings. The number of fused-ring (bicyclic) bond motifs is 1. The topological polar surface area (TPSA) is 57.8 Å². The zero-order valence-corrected chi connectivity index (χ0v) is 18.5. The van der Waals surface area contributed by atoms with Gasteiger partial charge in [-0.15, -0.1) is 0 Å². The summed E-state index contributed by atoms with van der Waals surface area (Å²) in [7, 11) is 0. The van der Waals surface area contributed by atoms with Crippen LogP contribution >= 0.6 is 0 Å². The molecule has 6 nitrogen and oxygen atoms in total. The van der Waals surface area contributed by atoms with Crippen LogP contribution in [-0.4, -0.2) is 50.5 Å². The minimum atomic E-state index is -0.332. The average Bonchev–Trinajstić information content (AvgIpc) is 3.04. The minimum Gasteiger partial charge on any atom is -0.357 e.